The van der Waals surface area contributed by atoms with E-state index in [0.717, 1.165) is 20.5 Å². The second kappa shape index (κ2) is 3.51. The molecule has 2 aromatic carbocycles. The topological polar surface area (TPSA) is 15.8 Å². The van der Waals surface area contributed by atoms with E-state index in [-0.39, 0.29) is 0 Å². The Hall–Kier alpha value is -0.990. The second-order valence-electron chi connectivity index (χ2n) is 3.93. The van der Waals surface area contributed by atoms with Crippen LogP contribution >= 0.6 is 27.5 Å². The Kier molecular flexibility index (Phi) is 2.23. The van der Waals surface area contributed by atoms with Crippen LogP contribution in [0, 0.1) is 6.92 Å². The van der Waals surface area contributed by atoms with Gasteiger partial charge in [0, 0.05) is 25.8 Å². The lowest BCUT2D eigenvalue weighted by molar-refractivity contribution is 1.44. The third-order valence-electron chi connectivity index (χ3n) is 2.87. The number of hydrogen-bond donors (Lipinski definition) is 1. The number of benzene rings is 2. The van der Waals surface area contributed by atoms with E-state index >= 15 is 0 Å². The number of rotatable bonds is 0. The smallest absolute Gasteiger partial charge is 0.0611 e. The monoisotopic (exact) mass is 293 g/mol. The van der Waals surface area contributed by atoms with Crippen molar-refractivity contribution in [2.45, 2.75) is 6.92 Å². The van der Waals surface area contributed by atoms with Gasteiger partial charge >= 0.3 is 0 Å². The van der Waals surface area contributed by atoms with Gasteiger partial charge in [0.15, 0.2) is 0 Å². The maximum absolute atomic E-state index is 5.99. The van der Waals surface area contributed by atoms with Crippen molar-refractivity contribution in [1.29, 1.82) is 0 Å². The molecule has 0 saturated heterocycles. The molecule has 0 fully saturated rings. The van der Waals surface area contributed by atoms with Gasteiger partial charge in [-0.25, -0.2) is 0 Å². The zero-order valence-electron chi connectivity index (χ0n) is 8.64. The van der Waals surface area contributed by atoms with Gasteiger partial charge in [-0.3, -0.25) is 0 Å². The number of aromatic amines is 1. The van der Waals surface area contributed by atoms with Gasteiger partial charge < -0.3 is 4.98 Å². The highest BCUT2D eigenvalue weighted by molar-refractivity contribution is 9.10. The summed E-state index contributed by atoms with van der Waals surface area (Å²) in [7, 11) is 0. The minimum Gasteiger partial charge on any atom is -0.354 e. The van der Waals surface area contributed by atoms with E-state index in [4.69, 9.17) is 11.6 Å². The number of hydrogen-bond acceptors (Lipinski definition) is 0. The Balaban J connectivity index is 2.55. The van der Waals surface area contributed by atoms with E-state index in [1.54, 1.807) is 0 Å². The van der Waals surface area contributed by atoms with Crippen molar-refractivity contribution in [2.24, 2.45) is 0 Å². The maximum Gasteiger partial charge on any atom is 0.0611 e. The van der Waals surface area contributed by atoms with Crippen molar-refractivity contribution in [3.05, 3.63) is 45.4 Å². The summed E-state index contributed by atoms with van der Waals surface area (Å²) in [5, 5.41) is 3.19. The fraction of sp³-hybridized carbons (Fsp3) is 0.0769. The van der Waals surface area contributed by atoms with Crippen LogP contribution < -0.4 is 0 Å². The molecule has 0 atom stereocenters. The van der Waals surface area contributed by atoms with Crippen molar-refractivity contribution in [3.8, 4) is 0 Å². The standard InChI is InChI=1S/C13H9BrClN/c1-7-2-4-10-9-5-3-8(15)6-11(9)16-13(10)12(7)14/h2-6,16H,1H3. The molecule has 3 rings (SSSR count). The minimum absolute atomic E-state index is 0.756. The predicted octanol–water partition coefficient (Wildman–Crippen LogP) is 5.05. The summed E-state index contributed by atoms with van der Waals surface area (Å²) in [6.45, 7) is 2.09. The fourth-order valence-corrected chi connectivity index (χ4v) is 2.63. The zero-order valence-corrected chi connectivity index (χ0v) is 11.0. The van der Waals surface area contributed by atoms with Crippen molar-refractivity contribution in [3.63, 3.8) is 0 Å². The SMILES string of the molecule is Cc1ccc2c([nH]c3cc(Cl)ccc32)c1Br. The number of nitrogens with one attached hydrogen (secondary N) is 1. The van der Waals surface area contributed by atoms with Crippen LogP contribution in [0.5, 0.6) is 0 Å². The highest BCUT2D eigenvalue weighted by atomic mass is 79.9. The van der Waals surface area contributed by atoms with Gasteiger partial charge in [0.1, 0.15) is 0 Å². The Labute approximate surface area is 107 Å². The Bertz CT molecular complexity index is 700. The molecular formula is C13H9BrClN. The molecule has 80 valence electrons. The molecule has 0 radical (unpaired) electrons. The van der Waals surface area contributed by atoms with Gasteiger partial charge in [-0.2, -0.15) is 0 Å². The molecule has 1 N–H and O–H groups in total. The van der Waals surface area contributed by atoms with Crippen molar-refractivity contribution in [1.82, 2.24) is 4.98 Å². The molecule has 1 nitrogen and oxygen atoms in total. The van der Waals surface area contributed by atoms with E-state index in [1.807, 2.05) is 12.1 Å². The normalized spacial score (nSPS) is 11.4. The average Bonchev–Trinajstić information content (AvgIpc) is 2.62. The molecule has 0 amide bonds. The molecule has 1 heterocycles. The predicted molar refractivity (Wildman–Crippen MR) is 73.3 cm³/mol. The summed E-state index contributed by atoms with van der Waals surface area (Å²) in [5.74, 6) is 0. The van der Waals surface area contributed by atoms with Crippen LogP contribution in [0.4, 0.5) is 0 Å². The molecule has 0 aliphatic carbocycles. The van der Waals surface area contributed by atoms with Gasteiger partial charge in [-0.05, 0) is 40.5 Å². The van der Waals surface area contributed by atoms with E-state index in [9.17, 15) is 0 Å². The van der Waals surface area contributed by atoms with Gasteiger partial charge in [-0.1, -0.05) is 29.8 Å². The lowest BCUT2D eigenvalue weighted by atomic mass is 10.1. The van der Waals surface area contributed by atoms with E-state index in [2.05, 4.69) is 46.0 Å². The van der Waals surface area contributed by atoms with Crippen LogP contribution in [0.15, 0.2) is 34.8 Å². The summed E-state index contributed by atoms with van der Waals surface area (Å²) < 4.78 is 1.12. The minimum atomic E-state index is 0.756. The Morgan fingerprint density at radius 2 is 1.88 bits per heavy atom. The van der Waals surface area contributed by atoms with E-state index in [0.29, 0.717) is 0 Å². The average molecular weight is 295 g/mol. The number of fused-ring (bicyclic) bond motifs is 3. The molecule has 3 heteroatoms. The quantitative estimate of drug-likeness (QED) is 0.597. The molecule has 0 spiro atoms. The second-order valence-corrected chi connectivity index (χ2v) is 5.16. The Morgan fingerprint density at radius 3 is 2.69 bits per heavy atom. The lowest BCUT2D eigenvalue weighted by Gasteiger charge is -1.98. The first kappa shape index (κ1) is 10.2. The number of H-pyrrole nitrogens is 1. The molecular weight excluding hydrogens is 286 g/mol. The summed E-state index contributed by atoms with van der Waals surface area (Å²) >= 11 is 9.60. The van der Waals surface area contributed by atoms with Crippen molar-refractivity contribution < 1.29 is 0 Å². The van der Waals surface area contributed by atoms with Crippen LogP contribution in [0.2, 0.25) is 5.02 Å². The Morgan fingerprint density at radius 1 is 1.12 bits per heavy atom. The van der Waals surface area contributed by atoms with E-state index < -0.39 is 0 Å². The van der Waals surface area contributed by atoms with Gasteiger partial charge in [0.05, 0.1) is 5.52 Å². The van der Waals surface area contributed by atoms with Crippen molar-refractivity contribution >= 4 is 49.3 Å². The molecule has 3 aromatic rings. The summed E-state index contributed by atoms with van der Waals surface area (Å²) in [4.78, 5) is 3.40. The third kappa shape index (κ3) is 1.37. The fourth-order valence-electron chi connectivity index (χ4n) is 2.02. The van der Waals surface area contributed by atoms with E-state index in [1.165, 1.54) is 16.3 Å². The van der Waals surface area contributed by atoms with Crippen LogP contribution in [0.3, 0.4) is 0 Å². The third-order valence-corrected chi connectivity index (χ3v) is 4.12. The highest BCUT2D eigenvalue weighted by Gasteiger charge is 2.08. The molecule has 0 aliphatic rings. The summed E-state index contributed by atoms with van der Waals surface area (Å²) in [6, 6.07) is 10.2. The molecule has 16 heavy (non-hydrogen) atoms. The van der Waals surface area contributed by atoms with Crippen LogP contribution in [0.25, 0.3) is 21.8 Å². The molecule has 0 saturated carbocycles. The van der Waals surface area contributed by atoms with Gasteiger partial charge in [0.2, 0.25) is 0 Å². The van der Waals surface area contributed by atoms with Gasteiger partial charge in [-0.15, -0.1) is 0 Å². The first-order valence-corrected chi connectivity index (χ1v) is 6.20. The van der Waals surface area contributed by atoms with Crippen LogP contribution in [-0.2, 0) is 0 Å². The number of aryl methyl sites for hydroxylation is 1. The molecule has 0 aliphatic heterocycles. The van der Waals surface area contributed by atoms with Crippen LogP contribution in [0.1, 0.15) is 5.56 Å². The van der Waals surface area contributed by atoms with Crippen LogP contribution in [-0.4, -0.2) is 4.98 Å². The maximum atomic E-state index is 5.99. The zero-order chi connectivity index (χ0) is 11.3. The molecule has 1 aromatic heterocycles. The largest absolute Gasteiger partial charge is 0.354 e. The first-order chi connectivity index (χ1) is 7.66. The molecule has 0 unspecified atom stereocenters. The van der Waals surface area contributed by atoms with Gasteiger partial charge in [0.25, 0.3) is 0 Å². The van der Waals surface area contributed by atoms with Crippen molar-refractivity contribution in [2.75, 3.05) is 0 Å². The highest BCUT2D eigenvalue weighted by Crippen LogP contribution is 2.33. The number of halogens is 2. The summed E-state index contributed by atoms with van der Waals surface area (Å²) in [5.41, 5.74) is 3.44. The number of aromatic nitrogens is 1. The lowest BCUT2D eigenvalue weighted by Crippen LogP contribution is -1.76. The summed E-state index contributed by atoms with van der Waals surface area (Å²) in [6.07, 6.45) is 0. The first-order valence-electron chi connectivity index (χ1n) is 5.03. The molecule has 0 bridgehead atoms.